The van der Waals surface area contributed by atoms with Crippen molar-refractivity contribution < 1.29 is 42.9 Å². The molecule has 0 aromatic heterocycles. The average Bonchev–Trinajstić information content (AvgIpc) is 3.36. The van der Waals surface area contributed by atoms with Crippen LogP contribution in [0.5, 0.6) is 5.75 Å². The molecule has 0 spiro atoms. The van der Waals surface area contributed by atoms with Gasteiger partial charge in [0.15, 0.2) is 0 Å². The number of carbonyl (C=O) groups excluding carboxylic acids is 5. The number of ether oxygens (including phenoxy) is 4. The highest BCUT2D eigenvalue weighted by Gasteiger charge is 2.20. The molecular formula is C59H107N5O9. The van der Waals surface area contributed by atoms with Crippen molar-refractivity contribution in [1.29, 1.82) is 0 Å². The predicted octanol–water partition coefficient (Wildman–Crippen LogP) is 12.6. The number of benzene rings is 1. The van der Waals surface area contributed by atoms with Gasteiger partial charge in [-0.2, -0.15) is 0 Å². The Morgan fingerprint density at radius 3 is 1.12 bits per heavy atom. The largest absolute Gasteiger partial charge is 0.492 e. The first-order chi connectivity index (χ1) is 35.3. The molecule has 73 heavy (non-hydrogen) atoms. The van der Waals surface area contributed by atoms with E-state index in [4.69, 9.17) is 18.9 Å². The molecule has 2 atom stereocenters. The number of rotatable bonds is 48. The fourth-order valence-electron chi connectivity index (χ4n) is 8.59. The van der Waals surface area contributed by atoms with Crippen molar-refractivity contribution >= 4 is 29.7 Å². The summed E-state index contributed by atoms with van der Waals surface area (Å²) in [6.45, 7) is 18.3. The summed E-state index contributed by atoms with van der Waals surface area (Å²) in [6, 6.07) is 4.69. The Morgan fingerprint density at radius 1 is 0.411 bits per heavy atom. The van der Waals surface area contributed by atoms with Crippen LogP contribution in [0.2, 0.25) is 0 Å². The normalized spacial score (nSPS) is 12.2. The summed E-state index contributed by atoms with van der Waals surface area (Å²) in [7, 11) is 0. The zero-order valence-electron chi connectivity index (χ0n) is 47.4. The second kappa shape index (κ2) is 45.5. The smallest absolute Gasteiger partial charge is 0.407 e. The Morgan fingerprint density at radius 2 is 0.753 bits per heavy atom. The van der Waals surface area contributed by atoms with E-state index in [1.54, 1.807) is 39.0 Å². The lowest BCUT2D eigenvalue weighted by molar-refractivity contribution is -0.126. The molecule has 0 heterocycles. The van der Waals surface area contributed by atoms with E-state index < -0.39 is 11.7 Å². The molecule has 0 aliphatic carbocycles. The topological polar surface area (TPSA) is 182 Å². The minimum Gasteiger partial charge on any atom is -0.492 e. The SMILES string of the molecule is CCCCCCCCC(CCCCCC)C(=O)NCCCOCCCNC(=O)c1cc(OCCNC(=O)OC(C)(C)C)cc(C(=O)NCCCOCCCNC(=O)C(CCCCCC)CCCCCCCC)c1. The third-order valence-corrected chi connectivity index (χ3v) is 12.9. The molecule has 0 saturated heterocycles. The Hall–Kier alpha value is -3.91. The number of unbranched alkanes of at least 4 members (excludes halogenated alkanes) is 16. The molecule has 14 nitrogen and oxygen atoms in total. The van der Waals surface area contributed by atoms with Gasteiger partial charge in [0.05, 0.1) is 6.54 Å². The summed E-state index contributed by atoms with van der Waals surface area (Å²) in [5, 5.41) is 14.8. The fourth-order valence-corrected chi connectivity index (χ4v) is 8.59. The summed E-state index contributed by atoms with van der Waals surface area (Å²) >= 11 is 0. The van der Waals surface area contributed by atoms with E-state index in [2.05, 4.69) is 54.3 Å². The first kappa shape index (κ1) is 67.1. The molecule has 5 amide bonds. The maximum absolute atomic E-state index is 13.4. The van der Waals surface area contributed by atoms with Gasteiger partial charge in [-0.15, -0.1) is 0 Å². The summed E-state index contributed by atoms with van der Waals surface area (Å²) in [4.78, 5) is 65.1. The van der Waals surface area contributed by atoms with Gasteiger partial charge >= 0.3 is 6.09 Å². The predicted molar refractivity (Wildman–Crippen MR) is 297 cm³/mol. The van der Waals surface area contributed by atoms with Crippen LogP contribution in [-0.2, 0) is 23.8 Å². The number of carbonyl (C=O) groups is 5. The van der Waals surface area contributed by atoms with Gasteiger partial charge in [0, 0.05) is 75.6 Å². The van der Waals surface area contributed by atoms with Crippen LogP contribution in [0.1, 0.15) is 249 Å². The molecule has 1 aromatic rings. The number of nitrogens with one attached hydrogen (secondary N) is 5. The number of hydrogen-bond donors (Lipinski definition) is 5. The lowest BCUT2D eigenvalue weighted by atomic mass is 9.93. The van der Waals surface area contributed by atoms with Crippen molar-refractivity contribution in [2.75, 3.05) is 65.8 Å². The average molecular weight is 1030 g/mol. The second-order valence-electron chi connectivity index (χ2n) is 21.0. The molecule has 0 aliphatic rings. The van der Waals surface area contributed by atoms with Gasteiger partial charge in [-0.25, -0.2) is 4.79 Å². The van der Waals surface area contributed by atoms with Crippen molar-refractivity contribution in [3.8, 4) is 5.75 Å². The lowest BCUT2D eigenvalue weighted by Crippen LogP contribution is -2.34. The van der Waals surface area contributed by atoms with E-state index in [0.29, 0.717) is 71.2 Å². The van der Waals surface area contributed by atoms with Crippen molar-refractivity contribution in [3.63, 3.8) is 0 Å². The van der Waals surface area contributed by atoms with E-state index >= 15 is 0 Å². The van der Waals surface area contributed by atoms with Gasteiger partial charge in [-0.3, -0.25) is 19.2 Å². The molecule has 0 radical (unpaired) electrons. The Kier molecular flexibility index (Phi) is 41.8. The van der Waals surface area contributed by atoms with Gasteiger partial charge in [-0.05, 0) is 90.3 Å². The molecule has 1 aromatic carbocycles. The Labute approximate surface area is 444 Å². The summed E-state index contributed by atoms with van der Waals surface area (Å²) in [5.74, 6) is 0.112. The Bertz CT molecular complexity index is 1480. The standard InChI is InChI=1S/C59H107N5O9/c1-8-12-16-20-22-26-34-49(32-24-18-14-10-3)54(65)60-36-28-41-70-43-30-38-62-56(67)51-46-52(48-53(47-51)72-45-40-64-58(69)73-59(5,6)7)57(68)63-39-31-44-71-42-29-37-61-55(66)50(33-25-19-15-11-4)35-27-23-21-17-13-9-2/h46-50H,8-45H2,1-7H3,(H,60,65)(H,61,66)(H,62,67)(H,63,68)(H,64,69). The Balaban J connectivity index is 2.60. The molecule has 0 aliphatic heterocycles. The highest BCUT2D eigenvalue weighted by Crippen LogP contribution is 2.22. The molecule has 1 rings (SSSR count). The van der Waals surface area contributed by atoms with E-state index in [-0.39, 0.29) is 59.7 Å². The van der Waals surface area contributed by atoms with Gasteiger partial charge in [0.2, 0.25) is 11.8 Å². The summed E-state index contributed by atoms with van der Waals surface area (Å²) in [6.07, 6.45) is 30.0. The van der Waals surface area contributed by atoms with Crippen LogP contribution in [0.3, 0.4) is 0 Å². The molecule has 5 N–H and O–H groups in total. The van der Waals surface area contributed by atoms with Crippen LogP contribution >= 0.6 is 0 Å². The summed E-state index contributed by atoms with van der Waals surface area (Å²) in [5.41, 5.74) is -0.112. The van der Waals surface area contributed by atoms with E-state index in [9.17, 15) is 24.0 Å². The van der Waals surface area contributed by atoms with Gasteiger partial charge < -0.3 is 45.5 Å². The first-order valence-electron chi connectivity index (χ1n) is 29.4. The monoisotopic (exact) mass is 1030 g/mol. The van der Waals surface area contributed by atoms with E-state index in [1.165, 1.54) is 103 Å². The maximum atomic E-state index is 13.4. The molecule has 2 unspecified atom stereocenters. The van der Waals surface area contributed by atoms with Crippen LogP contribution in [0.25, 0.3) is 0 Å². The maximum Gasteiger partial charge on any atom is 0.407 e. The molecule has 14 heteroatoms. The van der Waals surface area contributed by atoms with Gasteiger partial charge in [-0.1, -0.05) is 156 Å². The third-order valence-electron chi connectivity index (χ3n) is 12.9. The van der Waals surface area contributed by atoms with Crippen LogP contribution in [0.4, 0.5) is 4.79 Å². The van der Waals surface area contributed by atoms with E-state index in [1.807, 2.05) is 0 Å². The van der Waals surface area contributed by atoms with Crippen LogP contribution < -0.4 is 31.3 Å². The van der Waals surface area contributed by atoms with Crippen LogP contribution in [0.15, 0.2) is 18.2 Å². The third kappa shape index (κ3) is 38.3. The zero-order chi connectivity index (χ0) is 53.6. The van der Waals surface area contributed by atoms with Crippen molar-refractivity contribution in [1.82, 2.24) is 26.6 Å². The quantitative estimate of drug-likeness (QED) is 0.0397. The molecule has 0 saturated carbocycles. The zero-order valence-corrected chi connectivity index (χ0v) is 47.4. The van der Waals surface area contributed by atoms with Crippen molar-refractivity contribution in [2.45, 2.75) is 234 Å². The van der Waals surface area contributed by atoms with Gasteiger partial charge in [0.1, 0.15) is 18.0 Å². The van der Waals surface area contributed by atoms with Crippen molar-refractivity contribution in [3.05, 3.63) is 29.3 Å². The second-order valence-corrected chi connectivity index (χ2v) is 21.0. The molecular weight excluding hydrogens is 923 g/mol. The molecule has 0 bridgehead atoms. The fraction of sp³-hybridized carbons (Fsp3) is 0.814. The first-order valence-corrected chi connectivity index (χ1v) is 29.4. The van der Waals surface area contributed by atoms with Crippen molar-refractivity contribution in [2.24, 2.45) is 11.8 Å². The minimum absolute atomic E-state index is 0.0864. The number of amides is 5. The van der Waals surface area contributed by atoms with Crippen LogP contribution in [0, 0.1) is 11.8 Å². The highest BCUT2D eigenvalue weighted by molar-refractivity contribution is 6.00. The molecule has 422 valence electrons. The summed E-state index contributed by atoms with van der Waals surface area (Å²) < 4.78 is 22.9. The van der Waals surface area contributed by atoms with Gasteiger partial charge in [0.25, 0.3) is 11.8 Å². The molecule has 0 fully saturated rings. The number of hydrogen-bond acceptors (Lipinski definition) is 9. The highest BCUT2D eigenvalue weighted by atomic mass is 16.6. The lowest BCUT2D eigenvalue weighted by Gasteiger charge is -2.19. The van der Waals surface area contributed by atoms with E-state index in [0.717, 1.165) is 64.2 Å². The van der Waals surface area contributed by atoms with Crippen LogP contribution in [-0.4, -0.2) is 101 Å². The minimum atomic E-state index is -0.640. The number of alkyl carbamates (subject to hydrolysis) is 1.